The van der Waals surface area contributed by atoms with Crippen molar-refractivity contribution in [3.63, 3.8) is 0 Å². The van der Waals surface area contributed by atoms with Crippen LogP contribution in [0, 0.1) is 0 Å². The Morgan fingerprint density at radius 2 is 1.20 bits per heavy atom. The number of rotatable bonds is 7. The van der Waals surface area contributed by atoms with Gasteiger partial charge in [0.25, 0.3) is 0 Å². The molecule has 2 nitrogen and oxygen atoms in total. The Kier molecular flexibility index (Phi) is 6.72. The molecule has 1 atom stereocenters. The molecule has 0 saturated heterocycles. The van der Waals surface area contributed by atoms with Crippen molar-refractivity contribution in [3.05, 3.63) is 144 Å². The van der Waals surface area contributed by atoms with E-state index in [0.29, 0.717) is 5.92 Å². The van der Waals surface area contributed by atoms with Crippen LogP contribution in [0.1, 0.15) is 42.6 Å². The second kappa shape index (κ2) is 10.4. The lowest BCUT2D eigenvalue weighted by Crippen LogP contribution is -2.15. The van der Waals surface area contributed by atoms with E-state index in [-0.39, 0.29) is 6.04 Å². The molecule has 1 aromatic heterocycles. The third-order valence-corrected chi connectivity index (χ3v) is 6.38. The topological polar surface area (TPSA) is 24.9 Å². The molecular formula is C33H30N2. The first-order chi connectivity index (χ1) is 17.2. The van der Waals surface area contributed by atoms with Crippen LogP contribution in [0.4, 0.5) is 5.69 Å². The normalized spacial score (nSPS) is 11.9. The van der Waals surface area contributed by atoms with Crippen LogP contribution in [0.15, 0.2) is 127 Å². The molecule has 0 saturated carbocycles. The largest absolute Gasteiger partial charge is 0.373 e. The van der Waals surface area contributed by atoms with E-state index in [4.69, 9.17) is 4.98 Å². The summed E-state index contributed by atoms with van der Waals surface area (Å²) >= 11 is 0. The minimum atomic E-state index is -0.111. The molecule has 172 valence electrons. The summed E-state index contributed by atoms with van der Waals surface area (Å²) in [5.74, 6) is 0.503. The molecule has 0 spiro atoms. The van der Waals surface area contributed by atoms with E-state index in [1.807, 2.05) is 6.07 Å². The Hall–Kier alpha value is -4.17. The van der Waals surface area contributed by atoms with E-state index in [1.54, 1.807) is 0 Å². The van der Waals surface area contributed by atoms with Gasteiger partial charge in [0.05, 0.1) is 17.4 Å². The van der Waals surface area contributed by atoms with Gasteiger partial charge in [-0.2, -0.15) is 0 Å². The number of hydrogen-bond donors (Lipinski definition) is 1. The second-order valence-corrected chi connectivity index (χ2v) is 9.12. The predicted octanol–water partition coefficient (Wildman–Crippen LogP) is 8.74. The smallest absolute Gasteiger partial charge is 0.0946 e. The molecule has 1 unspecified atom stereocenters. The number of aromatic nitrogens is 1. The van der Waals surface area contributed by atoms with Gasteiger partial charge >= 0.3 is 0 Å². The van der Waals surface area contributed by atoms with Gasteiger partial charge in [0.15, 0.2) is 0 Å². The van der Waals surface area contributed by atoms with E-state index in [2.05, 4.69) is 140 Å². The number of nitrogens with zero attached hydrogens (tertiary/aromatic N) is 1. The molecule has 1 N–H and O–H groups in total. The van der Waals surface area contributed by atoms with Gasteiger partial charge < -0.3 is 5.32 Å². The first kappa shape index (κ1) is 22.6. The van der Waals surface area contributed by atoms with Gasteiger partial charge in [-0.1, -0.05) is 117 Å². The van der Waals surface area contributed by atoms with Gasteiger partial charge in [0.2, 0.25) is 0 Å². The molecule has 0 fully saturated rings. The van der Waals surface area contributed by atoms with E-state index in [9.17, 15) is 0 Å². The van der Waals surface area contributed by atoms with Crippen LogP contribution in [0.25, 0.3) is 22.4 Å². The molecular weight excluding hydrogens is 424 g/mol. The molecule has 1 heterocycles. The zero-order valence-electron chi connectivity index (χ0n) is 20.2. The van der Waals surface area contributed by atoms with Crippen LogP contribution in [-0.4, -0.2) is 4.98 Å². The molecule has 4 aromatic carbocycles. The summed E-state index contributed by atoms with van der Waals surface area (Å²) in [6, 6.07) is 44.5. The predicted molar refractivity (Wildman–Crippen MR) is 148 cm³/mol. The monoisotopic (exact) mass is 454 g/mol. The summed E-state index contributed by atoms with van der Waals surface area (Å²) in [6.07, 6.45) is 0. The highest BCUT2D eigenvalue weighted by Gasteiger charge is 2.20. The Bertz CT molecular complexity index is 1370. The molecule has 5 rings (SSSR count). The van der Waals surface area contributed by atoms with Crippen LogP contribution in [-0.2, 0) is 0 Å². The molecule has 0 bridgehead atoms. The third kappa shape index (κ3) is 5.17. The van der Waals surface area contributed by atoms with Gasteiger partial charge in [-0.25, -0.2) is 0 Å². The SMILES string of the molecule is CC(C)c1ccc(NC(c2cccc(-c3ccccc3)n2)c2ccccc2-c2ccccc2)cc1. The summed E-state index contributed by atoms with van der Waals surface area (Å²) < 4.78 is 0. The van der Waals surface area contributed by atoms with Crippen LogP contribution in [0.3, 0.4) is 0 Å². The Balaban J connectivity index is 1.61. The zero-order valence-corrected chi connectivity index (χ0v) is 20.2. The fourth-order valence-electron chi connectivity index (χ4n) is 4.45. The van der Waals surface area contributed by atoms with Gasteiger partial charge in [0.1, 0.15) is 0 Å². The molecule has 35 heavy (non-hydrogen) atoms. The molecule has 0 aliphatic rings. The quantitative estimate of drug-likeness (QED) is 0.266. The number of anilines is 1. The van der Waals surface area contributed by atoms with Gasteiger partial charge in [0, 0.05) is 11.3 Å². The Morgan fingerprint density at radius 3 is 1.89 bits per heavy atom. The standard InChI is InChI=1S/C33H30N2/c1-24(2)25-20-22-28(23-21-25)34-33(30-17-10-9-16-29(30)26-12-5-3-6-13-26)32-19-11-18-31(35-32)27-14-7-4-8-15-27/h3-24,33-34H,1-2H3. The van der Waals surface area contributed by atoms with Crippen molar-refractivity contribution in [1.82, 2.24) is 4.98 Å². The summed E-state index contributed by atoms with van der Waals surface area (Å²) in [6.45, 7) is 4.45. The van der Waals surface area contributed by atoms with E-state index < -0.39 is 0 Å². The fraction of sp³-hybridized carbons (Fsp3) is 0.121. The molecule has 0 radical (unpaired) electrons. The minimum Gasteiger partial charge on any atom is -0.373 e. The highest BCUT2D eigenvalue weighted by molar-refractivity contribution is 5.70. The van der Waals surface area contributed by atoms with Crippen molar-refractivity contribution in [2.75, 3.05) is 5.32 Å². The summed E-state index contributed by atoms with van der Waals surface area (Å²) in [5, 5.41) is 3.80. The average Bonchev–Trinajstić information content (AvgIpc) is 2.93. The summed E-state index contributed by atoms with van der Waals surface area (Å²) in [5.41, 5.74) is 9.09. The molecule has 5 aromatic rings. The van der Waals surface area contributed by atoms with Crippen molar-refractivity contribution in [3.8, 4) is 22.4 Å². The first-order valence-electron chi connectivity index (χ1n) is 12.2. The highest BCUT2D eigenvalue weighted by Crippen LogP contribution is 2.34. The van der Waals surface area contributed by atoms with Crippen molar-refractivity contribution in [2.24, 2.45) is 0 Å². The fourth-order valence-corrected chi connectivity index (χ4v) is 4.45. The van der Waals surface area contributed by atoms with Crippen LogP contribution < -0.4 is 5.32 Å². The lowest BCUT2D eigenvalue weighted by Gasteiger charge is -2.24. The maximum Gasteiger partial charge on any atom is 0.0946 e. The minimum absolute atomic E-state index is 0.111. The molecule has 0 amide bonds. The Morgan fingerprint density at radius 1 is 0.571 bits per heavy atom. The molecule has 2 heteroatoms. The van der Waals surface area contributed by atoms with Crippen LogP contribution in [0.5, 0.6) is 0 Å². The lowest BCUT2D eigenvalue weighted by atomic mass is 9.92. The van der Waals surface area contributed by atoms with Gasteiger partial charge in [-0.15, -0.1) is 0 Å². The number of hydrogen-bond acceptors (Lipinski definition) is 2. The van der Waals surface area contributed by atoms with Gasteiger partial charge in [-0.05, 0) is 52.4 Å². The second-order valence-electron chi connectivity index (χ2n) is 9.12. The van der Waals surface area contributed by atoms with Crippen LogP contribution >= 0.6 is 0 Å². The maximum atomic E-state index is 5.13. The van der Waals surface area contributed by atoms with Crippen LogP contribution in [0.2, 0.25) is 0 Å². The maximum absolute atomic E-state index is 5.13. The average molecular weight is 455 g/mol. The molecule has 0 aliphatic carbocycles. The van der Waals surface area contributed by atoms with E-state index in [1.165, 1.54) is 22.3 Å². The number of nitrogens with one attached hydrogen (secondary N) is 1. The number of pyridine rings is 1. The summed E-state index contributed by atoms with van der Waals surface area (Å²) in [7, 11) is 0. The van der Waals surface area contributed by atoms with E-state index in [0.717, 1.165) is 22.6 Å². The highest BCUT2D eigenvalue weighted by atomic mass is 15.0. The third-order valence-electron chi connectivity index (χ3n) is 6.38. The summed E-state index contributed by atoms with van der Waals surface area (Å²) in [4.78, 5) is 5.13. The Labute approximate surface area is 208 Å². The van der Waals surface area contributed by atoms with E-state index >= 15 is 0 Å². The van der Waals surface area contributed by atoms with Crippen molar-refractivity contribution in [2.45, 2.75) is 25.8 Å². The van der Waals surface area contributed by atoms with Crippen molar-refractivity contribution >= 4 is 5.69 Å². The van der Waals surface area contributed by atoms with Gasteiger partial charge in [-0.3, -0.25) is 4.98 Å². The lowest BCUT2D eigenvalue weighted by molar-refractivity contribution is 0.864. The molecule has 0 aliphatic heterocycles. The zero-order chi connectivity index (χ0) is 24.0. The first-order valence-corrected chi connectivity index (χ1v) is 12.2. The number of benzene rings is 4. The van der Waals surface area contributed by atoms with Crippen molar-refractivity contribution < 1.29 is 0 Å². The van der Waals surface area contributed by atoms with Crippen molar-refractivity contribution in [1.29, 1.82) is 0 Å².